The molecule has 3 aromatic rings. The zero-order chi connectivity index (χ0) is 12.4. The molecule has 3 heteroatoms. The third-order valence-electron chi connectivity index (χ3n) is 2.64. The number of hydrogen-bond donors (Lipinski definition) is 0. The molecule has 1 heterocycles. The van der Waals surface area contributed by atoms with Crippen molar-refractivity contribution in [2.24, 2.45) is 0 Å². The maximum Gasteiger partial charge on any atom is 0.101 e. The number of halogens is 1. The number of aromatic nitrogens is 1. The quantitative estimate of drug-likeness (QED) is 0.648. The highest BCUT2D eigenvalue weighted by Crippen LogP contribution is 2.29. The molecular formula is C15H10ClNS. The second kappa shape index (κ2) is 5.01. The summed E-state index contributed by atoms with van der Waals surface area (Å²) in [4.78, 5) is 5.47. The average Bonchev–Trinajstić information content (AvgIpc) is 2.41. The van der Waals surface area contributed by atoms with E-state index in [1.54, 1.807) is 18.0 Å². The Morgan fingerprint density at radius 2 is 1.72 bits per heavy atom. The molecule has 1 aromatic heterocycles. The number of hydrogen-bond acceptors (Lipinski definition) is 2. The monoisotopic (exact) mass is 271 g/mol. The first kappa shape index (κ1) is 11.6. The summed E-state index contributed by atoms with van der Waals surface area (Å²) in [7, 11) is 0. The lowest BCUT2D eigenvalue weighted by molar-refractivity contribution is 1.13. The van der Waals surface area contributed by atoms with Crippen molar-refractivity contribution in [2.45, 2.75) is 9.92 Å². The lowest BCUT2D eigenvalue weighted by Gasteiger charge is -2.03. The van der Waals surface area contributed by atoms with Crippen molar-refractivity contribution in [1.82, 2.24) is 4.98 Å². The summed E-state index contributed by atoms with van der Waals surface area (Å²) in [6.45, 7) is 0. The first-order valence-electron chi connectivity index (χ1n) is 5.59. The molecule has 88 valence electrons. The molecule has 0 fully saturated rings. The fourth-order valence-corrected chi connectivity index (χ4v) is 2.69. The van der Waals surface area contributed by atoms with Crippen molar-refractivity contribution >= 4 is 34.1 Å². The zero-order valence-electron chi connectivity index (χ0n) is 9.51. The lowest BCUT2D eigenvalue weighted by Crippen LogP contribution is -1.79. The van der Waals surface area contributed by atoms with Crippen LogP contribution in [0.15, 0.2) is 70.7 Å². The number of rotatable bonds is 2. The molecule has 0 bridgehead atoms. The van der Waals surface area contributed by atoms with Crippen molar-refractivity contribution in [3.8, 4) is 0 Å². The minimum atomic E-state index is 0.665. The standard InChI is InChI=1S/C15H10ClNS/c16-13-6-8-15(17-10-13)18-14-7-5-11-3-1-2-4-12(11)9-14/h1-10H. The van der Waals surface area contributed by atoms with Crippen LogP contribution in [0.1, 0.15) is 0 Å². The molecule has 0 saturated heterocycles. The van der Waals surface area contributed by atoms with Crippen LogP contribution in [0.5, 0.6) is 0 Å². The molecule has 0 aliphatic heterocycles. The number of nitrogens with zero attached hydrogens (tertiary/aromatic N) is 1. The van der Waals surface area contributed by atoms with E-state index in [9.17, 15) is 0 Å². The highest BCUT2D eigenvalue weighted by Gasteiger charge is 2.00. The molecule has 0 aliphatic carbocycles. The first-order valence-corrected chi connectivity index (χ1v) is 6.79. The lowest BCUT2D eigenvalue weighted by atomic mass is 10.1. The van der Waals surface area contributed by atoms with Gasteiger partial charge >= 0.3 is 0 Å². The Labute approximate surface area is 115 Å². The largest absolute Gasteiger partial charge is 0.248 e. The van der Waals surface area contributed by atoms with Crippen molar-refractivity contribution in [3.63, 3.8) is 0 Å². The van der Waals surface area contributed by atoms with E-state index in [0.717, 1.165) is 5.03 Å². The van der Waals surface area contributed by atoms with Crippen LogP contribution in [0.3, 0.4) is 0 Å². The predicted molar refractivity (Wildman–Crippen MR) is 77.3 cm³/mol. The second-order valence-electron chi connectivity index (χ2n) is 3.93. The van der Waals surface area contributed by atoms with Crippen LogP contribution in [-0.2, 0) is 0 Å². The molecule has 1 nitrogen and oxygen atoms in total. The van der Waals surface area contributed by atoms with Crippen molar-refractivity contribution in [1.29, 1.82) is 0 Å². The van der Waals surface area contributed by atoms with Crippen LogP contribution in [0, 0.1) is 0 Å². The fraction of sp³-hybridized carbons (Fsp3) is 0. The van der Waals surface area contributed by atoms with Crippen LogP contribution in [0.4, 0.5) is 0 Å². The second-order valence-corrected chi connectivity index (χ2v) is 5.46. The van der Waals surface area contributed by atoms with Gasteiger partial charge in [-0.25, -0.2) is 4.98 Å². The highest BCUT2D eigenvalue weighted by molar-refractivity contribution is 7.99. The van der Waals surface area contributed by atoms with Gasteiger partial charge in [-0.05, 0) is 35.0 Å². The summed E-state index contributed by atoms with van der Waals surface area (Å²) in [6.07, 6.45) is 1.67. The Kier molecular flexibility index (Phi) is 3.22. The van der Waals surface area contributed by atoms with Gasteiger partial charge in [0.2, 0.25) is 0 Å². The van der Waals surface area contributed by atoms with Crippen molar-refractivity contribution < 1.29 is 0 Å². The van der Waals surface area contributed by atoms with Gasteiger partial charge < -0.3 is 0 Å². The average molecular weight is 272 g/mol. The number of pyridine rings is 1. The van der Waals surface area contributed by atoms with Gasteiger partial charge in [-0.3, -0.25) is 0 Å². The van der Waals surface area contributed by atoms with Gasteiger partial charge in [0.1, 0.15) is 5.03 Å². The topological polar surface area (TPSA) is 12.9 Å². The van der Waals surface area contributed by atoms with Gasteiger partial charge in [0.05, 0.1) is 5.02 Å². The summed E-state index contributed by atoms with van der Waals surface area (Å²) in [5.41, 5.74) is 0. The third-order valence-corrected chi connectivity index (χ3v) is 3.81. The molecule has 0 amide bonds. The molecule has 0 spiro atoms. The van der Waals surface area contributed by atoms with E-state index in [1.165, 1.54) is 15.7 Å². The van der Waals surface area contributed by atoms with Crippen LogP contribution in [0.25, 0.3) is 10.8 Å². The molecule has 0 atom stereocenters. The van der Waals surface area contributed by atoms with E-state index in [0.29, 0.717) is 5.02 Å². The predicted octanol–water partition coefficient (Wildman–Crippen LogP) is 5.04. The molecule has 0 aliphatic rings. The van der Waals surface area contributed by atoms with E-state index >= 15 is 0 Å². The Bertz CT molecular complexity index is 679. The minimum absolute atomic E-state index is 0.665. The molecule has 3 rings (SSSR count). The molecule has 18 heavy (non-hydrogen) atoms. The van der Waals surface area contributed by atoms with Gasteiger partial charge in [0, 0.05) is 11.1 Å². The van der Waals surface area contributed by atoms with E-state index < -0.39 is 0 Å². The van der Waals surface area contributed by atoms with E-state index in [1.807, 2.05) is 12.1 Å². The van der Waals surface area contributed by atoms with Crippen LogP contribution >= 0.6 is 23.4 Å². The maximum atomic E-state index is 5.82. The van der Waals surface area contributed by atoms with E-state index in [2.05, 4.69) is 47.4 Å². The number of fused-ring (bicyclic) bond motifs is 1. The highest BCUT2D eigenvalue weighted by atomic mass is 35.5. The minimum Gasteiger partial charge on any atom is -0.248 e. The van der Waals surface area contributed by atoms with E-state index in [4.69, 9.17) is 11.6 Å². The van der Waals surface area contributed by atoms with Crippen LogP contribution in [-0.4, -0.2) is 4.98 Å². The summed E-state index contributed by atoms with van der Waals surface area (Å²) >= 11 is 7.46. The number of benzene rings is 2. The normalized spacial score (nSPS) is 10.7. The van der Waals surface area contributed by atoms with Gasteiger partial charge in [0.15, 0.2) is 0 Å². The van der Waals surface area contributed by atoms with Crippen molar-refractivity contribution in [3.05, 3.63) is 65.8 Å². The van der Waals surface area contributed by atoms with Gasteiger partial charge in [0.25, 0.3) is 0 Å². The van der Waals surface area contributed by atoms with E-state index in [-0.39, 0.29) is 0 Å². The summed E-state index contributed by atoms with van der Waals surface area (Å²) in [5, 5.41) is 4.12. The molecule has 0 radical (unpaired) electrons. The molecule has 2 aromatic carbocycles. The third kappa shape index (κ3) is 2.50. The van der Waals surface area contributed by atoms with Gasteiger partial charge in [-0.15, -0.1) is 0 Å². The van der Waals surface area contributed by atoms with Crippen molar-refractivity contribution in [2.75, 3.05) is 0 Å². The smallest absolute Gasteiger partial charge is 0.101 e. The molecule has 0 saturated carbocycles. The maximum absolute atomic E-state index is 5.82. The van der Waals surface area contributed by atoms with Gasteiger partial charge in [-0.1, -0.05) is 53.7 Å². The summed E-state index contributed by atoms with van der Waals surface area (Å²) < 4.78 is 0. The Morgan fingerprint density at radius 3 is 2.50 bits per heavy atom. The Balaban J connectivity index is 1.92. The van der Waals surface area contributed by atoms with Gasteiger partial charge in [-0.2, -0.15) is 0 Å². The summed E-state index contributed by atoms with van der Waals surface area (Å²) in [5.74, 6) is 0. The molecular weight excluding hydrogens is 262 g/mol. The Hall–Kier alpha value is -1.51. The molecule has 0 unspecified atom stereocenters. The summed E-state index contributed by atoms with van der Waals surface area (Å²) in [6, 6.07) is 18.6. The zero-order valence-corrected chi connectivity index (χ0v) is 11.1. The fourth-order valence-electron chi connectivity index (χ4n) is 1.77. The molecule has 0 N–H and O–H groups in total. The van der Waals surface area contributed by atoms with Crippen LogP contribution in [0.2, 0.25) is 5.02 Å². The SMILES string of the molecule is Clc1ccc(Sc2ccc3ccccc3c2)nc1. The first-order chi connectivity index (χ1) is 8.81. The Morgan fingerprint density at radius 1 is 0.889 bits per heavy atom. The van der Waals surface area contributed by atoms with Crippen LogP contribution < -0.4 is 0 Å².